The molecule has 96 valence electrons. The van der Waals surface area contributed by atoms with Gasteiger partial charge in [0.1, 0.15) is 6.61 Å². The molecule has 0 amide bonds. The molecule has 17 heavy (non-hydrogen) atoms. The van der Waals surface area contributed by atoms with Gasteiger partial charge >= 0.3 is 6.18 Å². The fraction of sp³-hybridized carbons (Fsp3) is 0.700. The van der Waals surface area contributed by atoms with E-state index in [1.165, 1.54) is 12.3 Å². The number of aliphatic hydroxyl groups excluding tert-OH is 1. The molecule has 1 saturated carbocycles. The Labute approximate surface area is 95.8 Å². The predicted molar refractivity (Wildman–Crippen MR) is 52.4 cm³/mol. The Morgan fingerprint density at radius 3 is 2.71 bits per heavy atom. The molecule has 2 N–H and O–H groups in total. The molecule has 1 unspecified atom stereocenters. The third-order valence-electron chi connectivity index (χ3n) is 2.99. The SMILES string of the molecule is OC(COc1ccn[nH]1)CC1(C(F)(F)F)CC1. The second kappa shape index (κ2) is 4.21. The highest BCUT2D eigenvalue weighted by atomic mass is 19.4. The molecule has 0 aromatic carbocycles. The highest BCUT2D eigenvalue weighted by Gasteiger charge is 2.63. The first kappa shape index (κ1) is 12.2. The molecule has 0 spiro atoms. The molecule has 1 aromatic heterocycles. The molecule has 2 rings (SSSR count). The second-order valence-electron chi connectivity index (χ2n) is 4.37. The van der Waals surface area contributed by atoms with Crippen LogP contribution in [0.15, 0.2) is 12.3 Å². The number of aromatic nitrogens is 2. The van der Waals surface area contributed by atoms with Crippen molar-refractivity contribution < 1.29 is 23.0 Å². The first-order chi connectivity index (χ1) is 7.93. The number of hydrogen-bond acceptors (Lipinski definition) is 3. The molecule has 0 aliphatic heterocycles. The molecule has 0 radical (unpaired) electrons. The molecule has 1 heterocycles. The number of halogens is 3. The molecule has 0 bridgehead atoms. The average molecular weight is 250 g/mol. The van der Waals surface area contributed by atoms with Gasteiger partial charge in [0.15, 0.2) is 0 Å². The van der Waals surface area contributed by atoms with Crippen LogP contribution >= 0.6 is 0 Å². The molecule has 1 aromatic rings. The minimum Gasteiger partial charge on any atom is -0.475 e. The van der Waals surface area contributed by atoms with Crippen LogP contribution in [0.25, 0.3) is 0 Å². The number of ether oxygens (including phenoxy) is 1. The quantitative estimate of drug-likeness (QED) is 0.838. The number of hydrogen-bond donors (Lipinski definition) is 2. The van der Waals surface area contributed by atoms with Gasteiger partial charge in [-0.3, -0.25) is 0 Å². The van der Waals surface area contributed by atoms with Crippen LogP contribution in [0, 0.1) is 5.41 Å². The fourth-order valence-corrected chi connectivity index (χ4v) is 1.77. The highest BCUT2D eigenvalue weighted by molar-refractivity contribution is 5.05. The van der Waals surface area contributed by atoms with Crippen LogP contribution in [-0.2, 0) is 0 Å². The van der Waals surface area contributed by atoms with Gasteiger partial charge in [0.2, 0.25) is 5.88 Å². The van der Waals surface area contributed by atoms with E-state index in [9.17, 15) is 18.3 Å². The van der Waals surface area contributed by atoms with E-state index < -0.39 is 17.7 Å². The number of rotatable bonds is 5. The number of aromatic amines is 1. The molecule has 7 heteroatoms. The number of aliphatic hydroxyl groups is 1. The van der Waals surface area contributed by atoms with E-state index in [1.54, 1.807) is 0 Å². The zero-order chi connectivity index (χ0) is 12.5. The average Bonchev–Trinajstić information content (AvgIpc) is 2.84. The number of alkyl halides is 3. The van der Waals surface area contributed by atoms with Crippen LogP contribution in [0.2, 0.25) is 0 Å². The van der Waals surface area contributed by atoms with Gasteiger partial charge in [0.25, 0.3) is 0 Å². The van der Waals surface area contributed by atoms with E-state index in [0.29, 0.717) is 5.88 Å². The summed E-state index contributed by atoms with van der Waals surface area (Å²) in [7, 11) is 0. The lowest BCUT2D eigenvalue weighted by Gasteiger charge is -2.22. The lowest BCUT2D eigenvalue weighted by atomic mass is 9.98. The zero-order valence-corrected chi connectivity index (χ0v) is 9.00. The van der Waals surface area contributed by atoms with Crippen LogP contribution in [-0.4, -0.2) is 34.2 Å². The van der Waals surface area contributed by atoms with Gasteiger partial charge in [0, 0.05) is 6.07 Å². The predicted octanol–water partition coefficient (Wildman–Crippen LogP) is 1.88. The zero-order valence-electron chi connectivity index (χ0n) is 9.00. The van der Waals surface area contributed by atoms with Gasteiger partial charge in [-0.25, -0.2) is 5.10 Å². The molecular formula is C10H13F3N2O2. The van der Waals surface area contributed by atoms with E-state index in [0.717, 1.165) is 0 Å². The van der Waals surface area contributed by atoms with Crippen LogP contribution in [0.3, 0.4) is 0 Å². The fourth-order valence-electron chi connectivity index (χ4n) is 1.77. The van der Waals surface area contributed by atoms with Crippen molar-refractivity contribution in [1.82, 2.24) is 10.2 Å². The lowest BCUT2D eigenvalue weighted by molar-refractivity contribution is -0.195. The Morgan fingerprint density at radius 2 is 2.24 bits per heavy atom. The van der Waals surface area contributed by atoms with Crippen LogP contribution in [0.1, 0.15) is 19.3 Å². The Balaban J connectivity index is 1.80. The number of nitrogens with one attached hydrogen (secondary N) is 1. The summed E-state index contributed by atoms with van der Waals surface area (Å²) in [5.74, 6) is 0.334. The van der Waals surface area contributed by atoms with Crippen molar-refractivity contribution in [2.24, 2.45) is 5.41 Å². The van der Waals surface area contributed by atoms with Gasteiger partial charge in [-0.15, -0.1) is 0 Å². The third-order valence-corrected chi connectivity index (χ3v) is 2.99. The first-order valence-corrected chi connectivity index (χ1v) is 5.30. The normalized spacial score (nSPS) is 20.0. The highest BCUT2D eigenvalue weighted by Crippen LogP contribution is 2.60. The van der Waals surface area contributed by atoms with E-state index >= 15 is 0 Å². The molecule has 1 aliphatic carbocycles. The summed E-state index contributed by atoms with van der Waals surface area (Å²) in [6, 6.07) is 1.53. The largest absolute Gasteiger partial charge is 0.475 e. The van der Waals surface area contributed by atoms with Crippen LogP contribution in [0.5, 0.6) is 5.88 Å². The Bertz CT molecular complexity index is 360. The van der Waals surface area contributed by atoms with E-state index in [1.807, 2.05) is 0 Å². The Kier molecular flexibility index (Phi) is 3.03. The summed E-state index contributed by atoms with van der Waals surface area (Å²) >= 11 is 0. The monoisotopic (exact) mass is 250 g/mol. The van der Waals surface area contributed by atoms with Crippen molar-refractivity contribution in [3.8, 4) is 5.88 Å². The Morgan fingerprint density at radius 1 is 1.53 bits per heavy atom. The number of nitrogens with zero attached hydrogens (tertiary/aromatic N) is 1. The maximum Gasteiger partial charge on any atom is 0.394 e. The lowest BCUT2D eigenvalue weighted by Crippen LogP contribution is -2.31. The summed E-state index contributed by atoms with van der Waals surface area (Å²) in [5.41, 5.74) is -1.69. The molecule has 4 nitrogen and oxygen atoms in total. The van der Waals surface area contributed by atoms with Crippen molar-refractivity contribution in [3.63, 3.8) is 0 Å². The van der Waals surface area contributed by atoms with Crippen LogP contribution in [0.4, 0.5) is 13.2 Å². The van der Waals surface area contributed by atoms with Crippen LogP contribution < -0.4 is 4.74 Å². The van der Waals surface area contributed by atoms with Gasteiger partial charge in [-0.05, 0) is 19.3 Å². The number of H-pyrrole nitrogens is 1. The smallest absolute Gasteiger partial charge is 0.394 e. The maximum absolute atomic E-state index is 12.6. The third kappa shape index (κ3) is 2.71. The standard InChI is InChI=1S/C10H13F3N2O2/c11-10(12,13)9(2-3-9)5-7(16)6-17-8-1-4-14-15-8/h1,4,7,16H,2-3,5-6H2,(H,14,15). The molecule has 1 fully saturated rings. The van der Waals surface area contributed by atoms with E-state index in [2.05, 4.69) is 10.2 Å². The van der Waals surface area contributed by atoms with Crippen molar-refractivity contribution in [2.45, 2.75) is 31.5 Å². The molecule has 1 atom stereocenters. The minimum absolute atomic E-state index is 0.0949. The van der Waals surface area contributed by atoms with Crippen molar-refractivity contribution in [3.05, 3.63) is 12.3 Å². The second-order valence-corrected chi connectivity index (χ2v) is 4.37. The maximum atomic E-state index is 12.6. The topological polar surface area (TPSA) is 58.1 Å². The van der Waals surface area contributed by atoms with Crippen molar-refractivity contribution in [1.29, 1.82) is 0 Å². The van der Waals surface area contributed by atoms with E-state index in [-0.39, 0.29) is 25.9 Å². The summed E-state index contributed by atoms with van der Waals surface area (Å²) < 4.78 is 42.9. The van der Waals surface area contributed by atoms with Crippen molar-refractivity contribution in [2.75, 3.05) is 6.61 Å². The summed E-state index contributed by atoms with van der Waals surface area (Å²) in [5, 5.41) is 15.6. The molecule has 1 aliphatic rings. The van der Waals surface area contributed by atoms with Gasteiger partial charge < -0.3 is 9.84 Å². The molecule has 0 saturated heterocycles. The van der Waals surface area contributed by atoms with Gasteiger partial charge in [0.05, 0.1) is 17.7 Å². The summed E-state index contributed by atoms with van der Waals surface area (Å²) in [6.45, 7) is -0.167. The molecular weight excluding hydrogens is 237 g/mol. The van der Waals surface area contributed by atoms with Gasteiger partial charge in [-0.2, -0.15) is 18.3 Å². The first-order valence-electron chi connectivity index (χ1n) is 5.30. The van der Waals surface area contributed by atoms with Crippen molar-refractivity contribution >= 4 is 0 Å². The van der Waals surface area contributed by atoms with Gasteiger partial charge in [-0.1, -0.05) is 0 Å². The minimum atomic E-state index is -4.23. The summed E-state index contributed by atoms with van der Waals surface area (Å²) in [4.78, 5) is 0. The summed E-state index contributed by atoms with van der Waals surface area (Å²) in [6.07, 6.45) is -4.01. The Hall–Kier alpha value is -1.24. The van der Waals surface area contributed by atoms with E-state index in [4.69, 9.17) is 4.74 Å².